The molecule has 2 aromatic carbocycles. The lowest BCUT2D eigenvalue weighted by Gasteiger charge is -2.16. The highest BCUT2D eigenvalue weighted by Gasteiger charge is 2.11. The van der Waals surface area contributed by atoms with Crippen LogP contribution in [0, 0.1) is 0 Å². The minimum absolute atomic E-state index is 1.18. The van der Waals surface area contributed by atoms with Crippen molar-refractivity contribution in [2.45, 2.75) is 12.8 Å². The van der Waals surface area contributed by atoms with E-state index in [1.165, 1.54) is 42.6 Å². The molecule has 0 unspecified atom stereocenters. The molecule has 0 saturated carbocycles. The van der Waals surface area contributed by atoms with Crippen LogP contribution in [0.5, 0.6) is 0 Å². The van der Waals surface area contributed by atoms with E-state index in [9.17, 15) is 0 Å². The fraction of sp³-hybridized carbons (Fsp3) is 0.222. The van der Waals surface area contributed by atoms with Gasteiger partial charge in [-0.1, -0.05) is 60.7 Å². The molecule has 0 radical (unpaired) electrons. The first-order valence-electron chi connectivity index (χ1n) is 7.00. The van der Waals surface area contributed by atoms with Crippen LogP contribution in [0.3, 0.4) is 0 Å². The predicted octanol–water partition coefficient (Wildman–Crippen LogP) is 4.17. The Kier molecular flexibility index (Phi) is 3.64. The molecule has 3 rings (SSSR count). The molecule has 0 amide bonds. The third-order valence-corrected chi connectivity index (χ3v) is 3.62. The molecule has 96 valence electrons. The summed E-state index contributed by atoms with van der Waals surface area (Å²) in [6.45, 7) is 2.37. The molecular formula is C18H19N. The highest BCUT2D eigenvalue weighted by molar-refractivity contribution is 5.79. The van der Waals surface area contributed by atoms with Crippen molar-refractivity contribution >= 4 is 5.57 Å². The molecule has 1 aliphatic heterocycles. The van der Waals surface area contributed by atoms with Crippen molar-refractivity contribution in [1.82, 2.24) is 4.90 Å². The zero-order valence-corrected chi connectivity index (χ0v) is 11.1. The molecular weight excluding hydrogens is 230 g/mol. The average molecular weight is 249 g/mol. The first kappa shape index (κ1) is 12.0. The summed E-state index contributed by atoms with van der Waals surface area (Å²) in [5, 5.41) is 0. The summed E-state index contributed by atoms with van der Waals surface area (Å²) in [7, 11) is 0. The molecule has 0 atom stereocenters. The second-order valence-electron chi connectivity index (χ2n) is 5.02. The van der Waals surface area contributed by atoms with Gasteiger partial charge in [-0.25, -0.2) is 0 Å². The van der Waals surface area contributed by atoms with Crippen LogP contribution in [0.4, 0.5) is 0 Å². The van der Waals surface area contributed by atoms with Gasteiger partial charge in [0.2, 0.25) is 0 Å². The van der Waals surface area contributed by atoms with Crippen LogP contribution < -0.4 is 0 Å². The smallest absolute Gasteiger partial charge is 0.0173 e. The Bertz CT molecular complexity index is 495. The Hall–Kier alpha value is -2.02. The lowest BCUT2D eigenvalue weighted by molar-refractivity contribution is 0.469. The normalized spacial score (nSPS) is 14.4. The summed E-state index contributed by atoms with van der Waals surface area (Å²) in [5.74, 6) is 0. The van der Waals surface area contributed by atoms with Crippen molar-refractivity contribution in [1.29, 1.82) is 0 Å². The fourth-order valence-corrected chi connectivity index (χ4v) is 2.60. The summed E-state index contributed by atoms with van der Waals surface area (Å²) in [5.41, 5.74) is 3.91. The molecule has 0 bridgehead atoms. The Balaban J connectivity index is 2.01. The molecule has 1 heterocycles. The van der Waals surface area contributed by atoms with Gasteiger partial charge in [0.05, 0.1) is 0 Å². The van der Waals surface area contributed by atoms with Crippen molar-refractivity contribution in [3.8, 4) is 0 Å². The second kappa shape index (κ2) is 5.75. The van der Waals surface area contributed by atoms with Crippen LogP contribution >= 0.6 is 0 Å². The van der Waals surface area contributed by atoms with Crippen molar-refractivity contribution in [2.24, 2.45) is 0 Å². The summed E-state index contributed by atoms with van der Waals surface area (Å²) in [6, 6.07) is 21.3. The maximum absolute atomic E-state index is 2.44. The third kappa shape index (κ3) is 2.87. The van der Waals surface area contributed by atoms with E-state index >= 15 is 0 Å². The molecule has 0 spiro atoms. The van der Waals surface area contributed by atoms with Crippen molar-refractivity contribution in [3.05, 3.63) is 78.0 Å². The average Bonchev–Trinajstić information content (AvgIpc) is 3.00. The van der Waals surface area contributed by atoms with Gasteiger partial charge in [-0.3, -0.25) is 0 Å². The zero-order chi connectivity index (χ0) is 12.9. The Morgan fingerprint density at radius 3 is 1.68 bits per heavy atom. The number of hydrogen-bond acceptors (Lipinski definition) is 1. The molecule has 2 aromatic rings. The van der Waals surface area contributed by atoms with E-state index in [-0.39, 0.29) is 0 Å². The van der Waals surface area contributed by atoms with E-state index < -0.39 is 0 Å². The van der Waals surface area contributed by atoms with Crippen LogP contribution in [-0.4, -0.2) is 18.0 Å². The summed E-state index contributed by atoms with van der Waals surface area (Å²) < 4.78 is 0. The van der Waals surface area contributed by atoms with E-state index in [4.69, 9.17) is 0 Å². The molecule has 1 heteroatoms. The minimum atomic E-state index is 1.18. The summed E-state index contributed by atoms with van der Waals surface area (Å²) in [6.07, 6.45) is 4.96. The molecule has 19 heavy (non-hydrogen) atoms. The van der Waals surface area contributed by atoms with E-state index in [0.717, 1.165) is 0 Å². The first-order chi connectivity index (χ1) is 9.43. The van der Waals surface area contributed by atoms with Gasteiger partial charge in [0.15, 0.2) is 0 Å². The van der Waals surface area contributed by atoms with Crippen molar-refractivity contribution in [2.75, 3.05) is 13.1 Å². The maximum Gasteiger partial charge on any atom is 0.0173 e. The highest BCUT2D eigenvalue weighted by atomic mass is 15.1. The Labute approximate surface area is 115 Å². The molecule has 1 saturated heterocycles. The van der Waals surface area contributed by atoms with Gasteiger partial charge in [-0.15, -0.1) is 0 Å². The van der Waals surface area contributed by atoms with Crippen LogP contribution in [-0.2, 0) is 0 Å². The van der Waals surface area contributed by atoms with Crippen molar-refractivity contribution in [3.63, 3.8) is 0 Å². The number of nitrogens with zero attached hydrogens (tertiary/aromatic N) is 1. The van der Waals surface area contributed by atoms with E-state index in [2.05, 4.69) is 71.8 Å². The van der Waals surface area contributed by atoms with E-state index in [0.29, 0.717) is 0 Å². The number of benzene rings is 2. The van der Waals surface area contributed by atoms with Crippen LogP contribution in [0.1, 0.15) is 24.0 Å². The van der Waals surface area contributed by atoms with Gasteiger partial charge in [0.25, 0.3) is 0 Å². The SMILES string of the molecule is C(=C(c1ccccc1)c1ccccc1)N1CCCC1. The van der Waals surface area contributed by atoms with Gasteiger partial charge in [0, 0.05) is 24.9 Å². The van der Waals surface area contributed by atoms with Gasteiger partial charge in [-0.05, 0) is 24.0 Å². The Morgan fingerprint density at radius 1 is 0.737 bits per heavy atom. The summed E-state index contributed by atoms with van der Waals surface area (Å²) in [4.78, 5) is 2.44. The van der Waals surface area contributed by atoms with E-state index in [1.807, 2.05) is 0 Å². The largest absolute Gasteiger partial charge is 0.377 e. The van der Waals surface area contributed by atoms with Crippen molar-refractivity contribution < 1.29 is 0 Å². The lowest BCUT2D eigenvalue weighted by atomic mass is 9.99. The predicted molar refractivity (Wildman–Crippen MR) is 80.8 cm³/mol. The maximum atomic E-state index is 2.44. The second-order valence-corrected chi connectivity index (χ2v) is 5.02. The lowest BCUT2D eigenvalue weighted by Crippen LogP contribution is -2.12. The van der Waals surface area contributed by atoms with Crippen LogP contribution in [0.25, 0.3) is 5.57 Å². The van der Waals surface area contributed by atoms with Gasteiger partial charge < -0.3 is 4.90 Å². The fourth-order valence-electron chi connectivity index (χ4n) is 2.60. The molecule has 1 nitrogen and oxygen atoms in total. The van der Waals surface area contributed by atoms with Gasteiger partial charge in [-0.2, -0.15) is 0 Å². The number of likely N-dealkylation sites (tertiary alicyclic amines) is 1. The standard InChI is InChI=1S/C18H19N/c1-3-9-16(10-4-1)18(15-19-13-7-8-14-19)17-11-5-2-6-12-17/h1-6,9-12,15H,7-8,13-14H2. The monoisotopic (exact) mass is 249 g/mol. The number of hydrogen-bond donors (Lipinski definition) is 0. The molecule has 0 N–H and O–H groups in total. The molecule has 1 aliphatic rings. The topological polar surface area (TPSA) is 3.24 Å². The van der Waals surface area contributed by atoms with Gasteiger partial charge in [0.1, 0.15) is 0 Å². The zero-order valence-electron chi connectivity index (χ0n) is 11.1. The molecule has 0 aromatic heterocycles. The third-order valence-electron chi connectivity index (χ3n) is 3.62. The van der Waals surface area contributed by atoms with Crippen LogP contribution in [0.15, 0.2) is 66.9 Å². The first-order valence-corrected chi connectivity index (χ1v) is 7.00. The highest BCUT2D eigenvalue weighted by Crippen LogP contribution is 2.24. The summed E-state index contributed by atoms with van der Waals surface area (Å²) >= 11 is 0. The van der Waals surface area contributed by atoms with Crippen LogP contribution in [0.2, 0.25) is 0 Å². The number of rotatable bonds is 3. The molecule has 0 aliphatic carbocycles. The Morgan fingerprint density at radius 2 is 1.21 bits per heavy atom. The quantitative estimate of drug-likeness (QED) is 0.789. The molecule has 1 fully saturated rings. The van der Waals surface area contributed by atoms with Gasteiger partial charge >= 0.3 is 0 Å². The minimum Gasteiger partial charge on any atom is -0.377 e. The van der Waals surface area contributed by atoms with E-state index in [1.54, 1.807) is 0 Å².